The third-order valence-electron chi connectivity index (χ3n) is 25.2. The fourth-order valence-corrected chi connectivity index (χ4v) is 42.7. The molecule has 0 aliphatic heterocycles. The van der Waals surface area contributed by atoms with Crippen LogP contribution in [0.15, 0.2) is 309 Å². The van der Waals surface area contributed by atoms with Gasteiger partial charge in [0.15, 0.2) is 0 Å². The molecule has 0 amide bonds. The molecule has 34 rings (SSSR count). The Balaban J connectivity index is 0.0000000912. The minimum atomic E-state index is 1.13. The third kappa shape index (κ3) is 23.9. The monoisotopic (exact) mass is 2340 g/mol. The van der Waals surface area contributed by atoms with Crippen LogP contribution in [-0.4, -0.2) is 0 Å². The van der Waals surface area contributed by atoms with E-state index in [1.54, 1.807) is 28.2 Å². The fraction of sp³-hybridized carbons (Fsp3) is 0.136. The minimum Gasteiger partial charge on any atom is -0.151 e. The number of hydrogen-bond acceptors (Lipinski definition) is 23. The van der Waals surface area contributed by atoms with Crippen molar-refractivity contribution in [3.05, 3.63) is 416 Å². The van der Waals surface area contributed by atoms with Crippen molar-refractivity contribution in [3.8, 4) is 30.6 Å². The molecule has 23 aromatic heterocycles. The number of thiophene rings is 23. The van der Waals surface area contributed by atoms with E-state index in [4.69, 9.17) is 0 Å². The summed E-state index contributed by atoms with van der Waals surface area (Å²) in [5.41, 5.74) is 13.6. The van der Waals surface area contributed by atoms with Gasteiger partial charge in [0.05, 0.1) is 20.1 Å². The normalized spacial score (nSPS) is 11.8. The Bertz CT molecular complexity index is 9320. The Kier molecular flexibility index (Phi) is 32.5. The van der Waals surface area contributed by atoms with Gasteiger partial charge >= 0.3 is 0 Å². The summed E-state index contributed by atoms with van der Waals surface area (Å²) < 4.78 is 18.6. The number of rotatable bonds is 0. The van der Waals surface area contributed by atoms with Gasteiger partial charge in [-0.3, -0.25) is 0 Å². The molecular weight excluding hydrogens is 2240 g/mol. The molecule has 148 heavy (non-hydrogen) atoms. The number of hydrogen-bond donors (Lipinski definition) is 0. The molecule has 4 aliphatic carbocycles. The first-order valence-electron chi connectivity index (χ1n) is 48.4. The smallest absolute Gasteiger partial charge is 0.0889 e. The van der Waals surface area contributed by atoms with Crippen LogP contribution in [0.1, 0.15) is 107 Å². The molecule has 0 nitrogen and oxygen atoms in total. The summed E-state index contributed by atoms with van der Waals surface area (Å²) in [4.78, 5) is 25.9. The highest BCUT2D eigenvalue weighted by atomic mass is 32.2. The highest BCUT2D eigenvalue weighted by Gasteiger charge is 2.25. The first kappa shape index (κ1) is 103. The average molecular weight is 2340 g/mol. The van der Waals surface area contributed by atoms with E-state index in [2.05, 4.69) is 405 Å². The summed E-state index contributed by atoms with van der Waals surface area (Å²) in [6.07, 6.45) is 9.06. The predicted octanol–water partition coefficient (Wildman–Crippen LogP) is 48.8. The van der Waals surface area contributed by atoms with E-state index in [1.807, 2.05) is 238 Å². The van der Waals surface area contributed by atoms with Crippen LogP contribution >= 0.6 is 261 Å². The van der Waals surface area contributed by atoms with E-state index in [0.29, 0.717) is 0 Å². The molecule has 0 saturated heterocycles. The van der Waals surface area contributed by atoms with Crippen LogP contribution in [0.5, 0.6) is 0 Å². The molecule has 0 saturated carbocycles. The standard InChI is InChI=1S/C13H10S.C12H10S.3C11H8S2.2C10H8S2.2C9H6S3.C9H8S.C8H8S.C7H6S2.C5H6S/c1-9-6-12-7-10-4-2-3-5-11(10)8-13(12)14-9;1-8-6-10-7-9-4-2-3-5-11(9)12(10)13-8;1-7-4-9-6-10-8(2-3-12-10)5-11(9)13-7;1-7-4-9-5-8-2-3-12-10(8)6-11(9)13-7;1-7-6-9-8-4-2-3-5-10(8)13-11(9)12-7;1-6-2-7-3-8-4-11-5-9(8)10(7)12-6;1-6-4-8-5-7-2-3-11-9(7)10(8)12-6;1-5-2-6-7-3-10-4-8(7)12-9(6)11-5;1-5-4-7-6-2-3-10-8(6)12-9(7)11-5;1-7-6-8-4-2-3-5-9(8)10-7;1-6-5-7-3-2-4-8(7)9-6;1-5-4-6-2-3-8-7(6)9-5;1-5-3-2-4-6-5/h2-8H,1H3;2-6H,7H2,1H3;3*2-6H,1H3;2,4-5H,3H2,1H3;2-4H,5H2,1H3;2*2-4H,1H3;2-6H,1H3;2,4-5H,3H2,1H3;2-4H,1H3;2-4H,1H3. The second-order valence-electron chi connectivity index (χ2n) is 36.7. The van der Waals surface area contributed by atoms with Gasteiger partial charge in [-0.25, -0.2) is 0 Å². The maximum Gasteiger partial charge on any atom is 0.0889 e. The molecule has 4 aliphatic rings. The molecule has 23 heterocycles. The minimum absolute atomic E-state index is 1.13. The number of benzene rings is 7. The van der Waals surface area contributed by atoms with Gasteiger partial charge in [0.2, 0.25) is 0 Å². The van der Waals surface area contributed by atoms with Crippen molar-refractivity contribution in [2.24, 2.45) is 0 Å². The van der Waals surface area contributed by atoms with Gasteiger partial charge in [-0.2, -0.15) is 22.7 Å². The van der Waals surface area contributed by atoms with Gasteiger partial charge in [0, 0.05) is 192 Å². The molecule has 0 bridgehead atoms. The first-order valence-corrected chi connectivity index (χ1v) is 67.8. The Labute approximate surface area is 955 Å². The highest BCUT2D eigenvalue weighted by molar-refractivity contribution is 7.49. The zero-order valence-electron chi connectivity index (χ0n) is 83.3. The Morgan fingerprint density at radius 1 is 0.182 bits per heavy atom. The maximum absolute atomic E-state index is 2.33. The lowest BCUT2D eigenvalue weighted by molar-refractivity contribution is 1.27. The predicted molar refractivity (Wildman–Crippen MR) is 699 cm³/mol. The lowest BCUT2D eigenvalue weighted by Gasteiger charge is -1.96. The summed E-state index contributed by atoms with van der Waals surface area (Å²) in [6, 6.07) is 90.6. The molecule has 23 heteroatoms. The van der Waals surface area contributed by atoms with Crippen molar-refractivity contribution < 1.29 is 0 Å². The van der Waals surface area contributed by atoms with E-state index < -0.39 is 0 Å². The molecule has 0 fully saturated rings. The summed E-state index contributed by atoms with van der Waals surface area (Å²) in [5, 5.41) is 42.9. The number of aryl methyl sites for hydroxylation is 13. The van der Waals surface area contributed by atoms with Crippen LogP contribution in [-0.2, 0) is 25.7 Å². The van der Waals surface area contributed by atoms with Crippen LogP contribution < -0.4 is 0 Å². The topological polar surface area (TPSA) is 0 Å². The zero-order valence-corrected chi connectivity index (χ0v) is 102. The molecule has 0 unspecified atom stereocenters. The van der Waals surface area contributed by atoms with E-state index >= 15 is 0 Å². The Morgan fingerprint density at radius 2 is 0.635 bits per heavy atom. The molecule has 30 aromatic rings. The summed E-state index contributed by atoms with van der Waals surface area (Å²) >= 11 is 43.1. The van der Waals surface area contributed by atoms with Gasteiger partial charge in [-0.1, -0.05) is 97.1 Å². The quantitative estimate of drug-likeness (QED) is 0.142. The van der Waals surface area contributed by atoms with Gasteiger partial charge < -0.3 is 0 Å². The van der Waals surface area contributed by atoms with Crippen molar-refractivity contribution in [3.63, 3.8) is 0 Å². The van der Waals surface area contributed by atoms with Crippen LogP contribution in [0.4, 0.5) is 0 Å². The lowest BCUT2D eigenvalue weighted by Crippen LogP contribution is -1.77. The average Bonchev–Trinajstić information content (AvgIpc) is 1.62. The van der Waals surface area contributed by atoms with Gasteiger partial charge in [-0.15, -0.1) is 238 Å². The molecule has 7 aromatic carbocycles. The van der Waals surface area contributed by atoms with Crippen molar-refractivity contribution in [2.45, 2.75) is 116 Å². The molecule has 0 spiro atoms. The van der Waals surface area contributed by atoms with E-state index in [9.17, 15) is 0 Å². The lowest BCUT2D eigenvalue weighted by atomic mass is 10.1. The largest absolute Gasteiger partial charge is 0.151 e. The van der Waals surface area contributed by atoms with E-state index in [-0.39, 0.29) is 0 Å². The highest BCUT2D eigenvalue weighted by Crippen LogP contribution is 2.50. The zero-order chi connectivity index (χ0) is 101. The number of allylic oxidation sites excluding steroid dienone is 1. The summed E-state index contributed by atoms with van der Waals surface area (Å²) in [5.74, 6) is 0. The van der Waals surface area contributed by atoms with Crippen LogP contribution in [0.25, 0.3) is 175 Å². The van der Waals surface area contributed by atoms with Crippen molar-refractivity contribution in [1.82, 2.24) is 0 Å². The van der Waals surface area contributed by atoms with Crippen LogP contribution in [0.2, 0.25) is 0 Å². The van der Waals surface area contributed by atoms with Gasteiger partial charge in [-0.05, 0) is 397 Å². The third-order valence-corrected chi connectivity index (χ3v) is 49.2. The van der Waals surface area contributed by atoms with Gasteiger partial charge in [0.25, 0.3) is 0 Å². The fourth-order valence-electron chi connectivity index (χ4n) is 18.7. The van der Waals surface area contributed by atoms with Crippen molar-refractivity contribution in [1.29, 1.82) is 0 Å². The first-order chi connectivity index (χ1) is 72.0. The molecule has 0 atom stereocenters. The molecule has 0 N–H and O–H groups in total. The van der Waals surface area contributed by atoms with Crippen molar-refractivity contribution >= 4 is 405 Å². The van der Waals surface area contributed by atoms with E-state index in [1.165, 1.54) is 284 Å². The summed E-state index contributed by atoms with van der Waals surface area (Å²) in [6.45, 7) is 28.1. The Hall–Kier alpha value is -8.98. The van der Waals surface area contributed by atoms with Crippen LogP contribution in [0.3, 0.4) is 0 Å². The SMILES string of the molecule is Cc1cc2c(s1)-c1ccccc1C2.Cc1cc2c(s1)-c1cscc1C2.Cc1cc2c(s1)-c1sccc1C2.Cc1cc2c(s1)C=CC2.Cc1cc2c(s1)sc1ccccc12.Cc1cc2c(s1)sc1cscc12.Cc1cc2c(s1)sc1sccc12.Cc1cc2cc3ccccc3cc2s1.Cc1cc2cc3ccsc3cc2s1.Cc1cc2cc3sccc3cc2s1.Cc1cc2ccccc2s1.Cc1cc2ccsc2s1.Cc1cccs1. The molecule has 0 radical (unpaired) electrons. The van der Waals surface area contributed by atoms with E-state index in [0.717, 1.165) is 12.8 Å². The summed E-state index contributed by atoms with van der Waals surface area (Å²) in [7, 11) is 0. The molecule has 738 valence electrons. The van der Waals surface area contributed by atoms with Crippen molar-refractivity contribution in [2.75, 3.05) is 0 Å². The maximum atomic E-state index is 2.33. The van der Waals surface area contributed by atoms with Gasteiger partial charge in [0.1, 0.15) is 0 Å². The second kappa shape index (κ2) is 46.5. The second-order valence-corrected chi connectivity index (χ2v) is 63.6. The van der Waals surface area contributed by atoms with Crippen LogP contribution in [0, 0.1) is 90.0 Å². The number of fused-ring (bicyclic) bond motifs is 27. The molecular formula is C125H100S23. The Morgan fingerprint density at radius 3 is 1.30 bits per heavy atom.